The molecule has 2 nitrogen and oxygen atoms in total. The minimum Gasteiger partial charge on any atom is -0.289 e. The van der Waals surface area contributed by atoms with Crippen LogP contribution in [0.4, 0.5) is 0 Å². The molecule has 0 aliphatic heterocycles. The lowest BCUT2D eigenvalue weighted by atomic mass is 9.96. The first-order chi connectivity index (χ1) is 10.0. The minimum absolute atomic E-state index is 0.0588. The maximum absolute atomic E-state index is 12.9. The normalized spacial score (nSPS) is 10.8. The van der Waals surface area contributed by atoms with Crippen molar-refractivity contribution in [3.05, 3.63) is 76.5 Å². The molecule has 2 aromatic carbocycles. The van der Waals surface area contributed by atoms with Gasteiger partial charge in [-0.1, -0.05) is 35.4 Å². The van der Waals surface area contributed by atoms with E-state index in [0.717, 1.165) is 38.9 Å². The second-order valence-corrected chi connectivity index (χ2v) is 5.53. The number of ketones is 1. The van der Waals surface area contributed by atoms with Crippen LogP contribution in [0.25, 0.3) is 10.9 Å². The van der Waals surface area contributed by atoms with Gasteiger partial charge in [0.05, 0.1) is 5.52 Å². The van der Waals surface area contributed by atoms with Gasteiger partial charge in [-0.15, -0.1) is 0 Å². The Morgan fingerprint density at radius 3 is 2.29 bits per heavy atom. The van der Waals surface area contributed by atoms with Gasteiger partial charge in [-0.25, -0.2) is 0 Å². The van der Waals surface area contributed by atoms with E-state index in [9.17, 15) is 4.79 Å². The van der Waals surface area contributed by atoms with Crippen LogP contribution >= 0.6 is 0 Å². The number of hydrogen-bond acceptors (Lipinski definition) is 2. The summed E-state index contributed by atoms with van der Waals surface area (Å²) in [6, 6.07) is 15.6. The van der Waals surface area contributed by atoms with E-state index in [1.54, 1.807) is 0 Å². The van der Waals surface area contributed by atoms with Crippen molar-refractivity contribution < 1.29 is 4.79 Å². The fourth-order valence-corrected chi connectivity index (χ4v) is 2.76. The second kappa shape index (κ2) is 5.13. The van der Waals surface area contributed by atoms with Crippen LogP contribution in [0.1, 0.15) is 32.7 Å². The smallest absolute Gasteiger partial charge is 0.193 e. The third-order valence-electron chi connectivity index (χ3n) is 3.57. The number of carbonyl (C=O) groups excluding carboxylic acids is 1. The number of para-hydroxylation sites is 1. The van der Waals surface area contributed by atoms with Crippen molar-refractivity contribution in [2.75, 3.05) is 0 Å². The maximum Gasteiger partial charge on any atom is 0.193 e. The van der Waals surface area contributed by atoms with Crippen LogP contribution in [0.15, 0.2) is 48.5 Å². The molecule has 2 heteroatoms. The van der Waals surface area contributed by atoms with Crippen molar-refractivity contribution in [3.8, 4) is 0 Å². The standard InChI is InChI=1S/C19H17NO/c1-12-8-13(2)10-15(9-12)19(21)17-11-14(3)20-18-7-5-4-6-16(17)18/h4-11H,1-3H3. The van der Waals surface area contributed by atoms with E-state index in [1.807, 2.05) is 63.2 Å². The molecular formula is C19H17NO. The van der Waals surface area contributed by atoms with Gasteiger partial charge >= 0.3 is 0 Å². The molecular weight excluding hydrogens is 258 g/mol. The van der Waals surface area contributed by atoms with Crippen LogP contribution < -0.4 is 0 Å². The van der Waals surface area contributed by atoms with Crippen molar-refractivity contribution in [1.82, 2.24) is 4.98 Å². The van der Waals surface area contributed by atoms with Gasteiger partial charge in [-0.05, 0) is 45.0 Å². The van der Waals surface area contributed by atoms with Crippen LogP contribution in [0.5, 0.6) is 0 Å². The quantitative estimate of drug-likeness (QED) is 0.649. The lowest BCUT2D eigenvalue weighted by Crippen LogP contribution is -2.04. The molecule has 3 rings (SSSR count). The number of hydrogen-bond donors (Lipinski definition) is 0. The van der Waals surface area contributed by atoms with Gasteiger partial charge in [-0.2, -0.15) is 0 Å². The summed E-state index contributed by atoms with van der Waals surface area (Å²) in [5, 5.41) is 0.909. The van der Waals surface area contributed by atoms with Crippen LogP contribution in [0, 0.1) is 20.8 Å². The highest BCUT2D eigenvalue weighted by Gasteiger charge is 2.14. The van der Waals surface area contributed by atoms with Crippen molar-refractivity contribution in [3.63, 3.8) is 0 Å². The molecule has 0 atom stereocenters. The van der Waals surface area contributed by atoms with Gasteiger partial charge < -0.3 is 0 Å². The first-order valence-electron chi connectivity index (χ1n) is 7.04. The first-order valence-corrected chi connectivity index (χ1v) is 7.04. The fraction of sp³-hybridized carbons (Fsp3) is 0.158. The summed E-state index contributed by atoms with van der Waals surface area (Å²) in [6.45, 7) is 5.95. The summed E-state index contributed by atoms with van der Waals surface area (Å²) >= 11 is 0. The molecule has 0 saturated carbocycles. The fourth-order valence-electron chi connectivity index (χ4n) is 2.76. The summed E-state index contributed by atoms with van der Waals surface area (Å²) in [5.74, 6) is 0.0588. The first kappa shape index (κ1) is 13.5. The number of aryl methyl sites for hydroxylation is 3. The maximum atomic E-state index is 12.9. The second-order valence-electron chi connectivity index (χ2n) is 5.53. The van der Waals surface area contributed by atoms with Crippen LogP contribution in [-0.4, -0.2) is 10.8 Å². The number of fused-ring (bicyclic) bond motifs is 1. The van der Waals surface area contributed by atoms with Crippen LogP contribution in [0.3, 0.4) is 0 Å². The molecule has 3 aromatic rings. The summed E-state index contributed by atoms with van der Waals surface area (Å²) in [7, 11) is 0. The molecule has 1 heterocycles. The average molecular weight is 275 g/mol. The molecule has 0 fully saturated rings. The van der Waals surface area contributed by atoms with Gasteiger partial charge in [0.15, 0.2) is 5.78 Å². The monoisotopic (exact) mass is 275 g/mol. The largest absolute Gasteiger partial charge is 0.289 e. The molecule has 0 spiro atoms. The molecule has 104 valence electrons. The number of benzene rings is 2. The van der Waals surface area contributed by atoms with Gasteiger partial charge in [-0.3, -0.25) is 9.78 Å². The van der Waals surface area contributed by atoms with Crippen molar-refractivity contribution >= 4 is 16.7 Å². The predicted molar refractivity (Wildman–Crippen MR) is 85.8 cm³/mol. The molecule has 1 aromatic heterocycles. The van der Waals surface area contributed by atoms with Gasteiger partial charge in [0.2, 0.25) is 0 Å². The lowest BCUT2D eigenvalue weighted by Gasteiger charge is -2.08. The van der Waals surface area contributed by atoms with Gasteiger partial charge in [0, 0.05) is 22.2 Å². The highest BCUT2D eigenvalue weighted by molar-refractivity contribution is 6.16. The Labute approximate surface area is 124 Å². The van der Waals surface area contributed by atoms with Crippen molar-refractivity contribution in [2.24, 2.45) is 0 Å². The molecule has 0 bridgehead atoms. The Balaban J connectivity index is 2.22. The molecule has 0 radical (unpaired) electrons. The number of nitrogens with zero attached hydrogens (tertiary/aromatic N) is 1. The number of pyridine rings is 1. The van der Waals surface area contributed by atoms with E-state index in [-0.39, 0.29) is 5.78 Å². The lowest BCUT2D eigenvalue weighted by molar-refractivity contribution is 0.104. The van der Waals surface area contributed by atoms with E-state index in [4.69, 9.17) is 0 Å². The Bertz CT molecular complexity index is 829. The summed E-state index contributed by atoms with van der Waals surface area (Å²) in [6.07, 6.45) is 0. The Morgan fingerprint density at radius 1 is 0.905 bits per heavy atom. The van der Waals surface area contributed by atoms with E-state index < -0.39 is 0 Å². The molecule has 0 aliphatic rings. The van der Waals surface area contributed by atoms with Crippen LogP contribution in [0.2, 0.25) is 0 Å². The summed E-state index contributed by atoms with van der Waals surface area (Å²) in [4.78, 5) is 17.4. The molecule has 0 saturated heterocycles. The number of rotatable bonds is 2. The third kappa shape index (κ3) is 2.57. The van der Waals surface area contributed by atoms with E-state index in [2.05, 4.69) is 11.1 Å². The molecule has 0 amide bonds. The summed E-state index contributed by atoms with van der Waals surface area (Å²) in [5.41, 5.74) is 5.40. The third-order valence-corrected chi connectivity index (χ3v) is 3.57. The summed E-state index contributed by atoms with van der Waals surface area (Å²) < 4.78 is 0. The zero-order valence-corrected chi connectivity index (χ0v) is 12.5. The predicted octanol–water partition coefficient (Wildman–Crippen LogP) is 4.39. The van der Waals surface area contributed by atoms with Crippen LogP contribution in [-0.2, 0) is 0 Å². The highest BCUT2D eigenvalue weighted by atomic mass is 16.1. The molecule has 0 N–H and O–H groups in total. The minimum atomic E-state index is 0.0588. The van der Waals surface area contributed by atoms with Crippen molar-refractivity contribution in [2.45, 2.75) is 20.8 Å². The average Bonchev–Trinajstić information content (AvgIpc) is 2.44. The van der Waals surface area contributed by atoms with Crippen molar-refractivity contribution in [1.29, 1.82) is 0 Å². The number of aromatic nitrogens is 1. The van der Waals surface area contributed by atoms with E-state index in [1.165, 1.54) is 0 Å². The Hall–Kier alpha value is -2.48. The zero-order valence-electron chi connectivity index (χ0n) is 12.5. The number of carbonyl (C=O) groups is 1. The van der Waals surface area contributed by atoms with Gasteiger partial charge in [0.1, 0.15) is 0 Å². The Kier molecular flexibility index (Phi) is 3.30. The van der Waals surface area contributed by atoms with Gasteiger partial charge in [0.25, 0.3) is 0 Å². The highest BCUT2D eigenvalue weighted by Crippen LogP contribution is 2.22. The Morgan fingerprint density at radius 2 is 1.57 bits per heavy atom. The zero-order chi connectivity index (χ0) is 15.0. The topological polar surface area (TPSA) is 30.0 Å². The molecule has 21 heavy (non-hydrogen) atoms. The van der Waals surface area contributed by atoms with E-state index in [0.29, 0.717) is 0 Å². The molecule has 0 aliphatic carbocycles. The van der Waals surface area contributed by atoms with E-state index >= 15 is 0 Å². The SMILES string of the molecule is Cc1cc(C)cc(C(=O)c2cc(C)nc3ccccc23)c1. The molecule has 0 unspecified atom stereocenters.